The highest BCUT2D eigenvalue weighted by molar-refractivity contribution is 5.79. The summed E-state index contributed by atoms with van der Waals surface area (Å²) in [7, 11) is 3.83. The second-order valence-electron chi connectivity index (χ2n) is 5.53. The van der Waals surface area contributed by atoms with Gasteiger partial charge in [-0.3, -0.25) is 0 Å². The zero-order valence-corrected chi connectivity index (χ0v) is 12.1. The number of hydrogen-bond acceptors (Lipinski definition) is 6. The van der Waals surface area contributed by atoms with Gasteiger partial charge in [-0.05, 0) is 33.2 Å². The van der Waals surface area contributed by atoms with E-state index in [1.807, 2.05) is 43.3 Å². The van der Waals surface area contributed by atoms with Gasteiger partial charge in [0.25, 0.3) is 0 Å². The molecule has 0 amide bonds. The number of rotatable bonds is 5. The van der Waals surface area contributed by atoms with Gasteiger partial charge in [-0.25, -0.2) is 9.97 Å². The van der Waals surface area contributed by atoms with E-state index in [0.29, 0.717) is 24.7 Å². The molecule has 0 fully saturated rings. The molecule has 1 aromatic heterocycles. The minimum atomic E-state index is -0.872. The van der Waals surface area contributed by atoms with Gasteiger partial charge in [0.1, 0.15) is 0 Å². The van der Waals surface area contributed by atoms with Crippen molar-refractivity contribution in [3.63, 3.8) is 0 Å². The molecule has 2 rings (SSSR count). The van der Waals surface area contributed by atoms with Crippen LogP contribution in [0.5, 0.6) is 0 Å². The molecule has 2 aromatic rings. The molecule has 20 heavy (non-hydrogen) atoms. The smallest absolute Gasteiger partial charge is 0.169 e. The number of nitrogen functional groups attached to an aromatic ring is 1. The van der Waals surface area contributed by atoms with Crippen molar-refractivity contribution in [1.82, 2.24) is 14.9 Å². The van der Waals surface area contributed by atoms with Crippen LogP contribution in [0.1, 0.15) is 6.92 Å². The highest BCUT2D eigenvalue weighted by Crippen LogP contribution is 2.19. The lowest BCUT2D eigenvalue weighted by Crippen LogP contribution is -2.43. The van der Waals surface area contributed by atoms with Gasteiger partial charge in [-0.15, -0.1) is 0 Å². The minimum absolute atomic E-state index is 0.337. The van der Waals surface area contributed by atoms with Gasteiger partial charge in [0, 0.05) is 13.1 Å². The molecule has 0 spiro atoms. The van der Waals surface area contributed by atoms with Crippen LogP contribution in [0.2, 0.25) is 0 Å². The van der Waals surface area contributed by atoms with Crippen LogP contribution >= 0.6 is 0 Å². The molecule has 1 heterocycles. The average Bonchev–Trinajstić information content (AvgIpc) is 2.34. The van der Waals surface area contributed by atoms with E-state index in [1.165, 1.54) is 0 Å². The van der Waals surface area contributed by atoms with E-state index in [9.17, 15) is 5.11 Å². The standard InChI is InChI=1S/C14H21N5O/c1-14(20,9-19(2)3)8-16-13-12(15)17-10-6-4-5-7-11(10)18-13/h4-7,20H,8-9H2,1-3H3,(H2,15,17)(H,16,18). The molecule has 1 unspecified atom stereocenters. The predicted octanol–water partition coefficient (Wildman–Crippen LogP) is 0.936. The first-order chi connectivity index (χ1) is 9.37. The van der Waals surface area contributed by atoms with E-state index < -0.39 is 5.60 Å². The van der Waals surface area contributed by atoms with Crippen molar-refractivity contribution >= 4 is 22.7 Å². The topological polar surface area (TPSA) is 87.3 Å². The zero-order valence-electron chi connectivity index (χ0n) is 12.1. The summed E-state index contributed by atoms with van der Waals surface area (Å²) in [4.78, 5) is 10.7. The molecular weight excluding hydrogens is 254 g/mol. The van der Waals surface area contributed by atoms with Gasteiger partial charge in [-0.1, -0.05) is 12.1 Å². The molecule has 1 atom stereocenters. The molecule has 1 aromatic carbocycles. The van der Waals surface area contributed by atoms with E-state index in [0.717, 1.165) is 11.0 Å². The lowest BCUT2D eigenvalue weighted by molar-refractivity contribution is 0.0459. The number of anilines is 2. The lowest BCUT2D eigenvalue weighted by atomic mass is 10.1. The molecule has 6 nitrogen and oxygen atoms in total. The fourth-order valence-corrected chi connectivity index (χ4v) is 2.16. The quantitative estimate of drug-likeness (QED) is 0.752. The summed E-state index contributed by atoms with van der Waals surface area (Å²) in [6.45, 7) is 2.66. The number of aromatic nitrogens is 2. The molecule has 0 saturated carbocycles. The van der Waals surface area contributed by atoms with Crippen molar-refractivity contribution in [1.29, 1.82) is 0 Å². The summed E-state index contributed by atoms with van der Waals surface area (Å²) < 4.78 is 0. The van der Waals surface area contributed by atoms with Crippen molar-refractivity contribution in [3.05, 3.63) is 24.3 Å². The Morgan fingerprint density at radius 3 is 2.45 bits per heavy atom. The molecule has 4 N–H and O–H groups in total. The summed E-state index contributed by atoms with van der Waals surface area (Å²) in [5, 5.41) is 13.3. The minimum Gasteiger partial charge on any atom is -0.387 e. The van der Waals surface area contributed by atoms with Gasteiger partial charge in [-0.2, -0.15) is 0 Å². The Morgan fingerprint density at radius 1 is 1.25 bits per heavy atom. The third kappa shape index (κ3) is 3.55. The summed E-state index contributed by atoms with van der Waals surface area (Å²) in [5.41, 5.74) is 6.55. The van der Waals surface area contributed by atoms with E-state index in [4.69, 9.17) is 5.73 Å². The summed E-state index contributed by atoms with van der Waals surface area (Å²) in [6, 6.07) is 7.54. The second-order valence-corrected chi connectivity index (χ2v) is 5.53. The molecule has 0 saturated heterocycles. The van der Waals surface area contributed by atoms with Gasteiger partial charge >= 0.3 is 0 Å². The summed E-state index contributed by atoms with van der Waals surface area (Å²) >= 11 is 0. The highest BCUT2D eigenvalue weighted by atomic mass is 16.3. The molecule has 0 aliphatic carbocycles. The molecule has 0 aliphatic rings. The van der Waals surface area contributed by atoms with Crippen LogP contribution in [0.4, 0.5) is 11.6 Å². The van der Waals surface area contributed by atoms with E-state index >= 15 is 0 Å². The summed E-state index contributed by atoms with van der Waals surface area (Å²) in [5.74, 6) is 0.840. The summed E-state index contributed by atoms with van der Waals surface area (Å²) in [6.07, 6.45) is 0. The van der Waals surface area contributed by atoms with Crippen LogP contribution in [-0.4, -0.2) is 52.8 Å². The number of aliphatic hydroxyl groups is 1. The van der Waals surface area contributed by atoms with Crippen LogP contribution in [0.15, 0.2) is 24.3 Å². The SMILES string of the molecule is CN(C)CC(C)(O)CNc1nc2ccccc2nc1N. The normalized spacial score (nSPS) is 14.4. The van der Waals surface area contributed by atoms with Gasteiger partial charge in [0.15, 0.2) is 11.6 Å². The lowest BCUT2D eigenvalue weighted by Gasteiger charge is -2.27. The molecule has 6 heteroatoms. The molecule has 108 valence electrons. The van der Waals surface area contributed by atoms with Crippen molar-refractivity contribution in [2.24, 2.45) is 0 Å². The maximum Gasteiger partial charge on any atom is 0.169 e. The second kappa shape index (κ2) is 5.60. The van der Waals surface area contributed by atoms with Crippen LogP contribution in [0.25, 0.3) is 11.0 Å². The Labute approximate surface area is 118 Å². The third-order valence-corrected chi connectivity index (χ3v) is 2.89. The van der Waals surface area contributed by atoms with Crippen LogP contribution in [0.3, 0.4) is 0 Å². The average molecular weight is 275 g/mol. The number of benzene rings is 1. The number of fused-ring (bicyclic) bond motifs is 1. The maximum atomic E-state index is 10.3. The number of nitrogens with two attached hydrogens (primary N) is 1. The first-order valence-corrected chi connectivity index (χ1v) is 6.51. The number of likely N-dealkylation sites (N-methyl/N-ethyl adjacent to an activating group) is 1. The first kappa shape index (κ1) is 14.5. The molecule has 0 aliphatic heterocycles. The Morgan fingerprint density at radius 2 is 1.85 bits per heavy atom. The number of para-hydroxylation sites is 2. The van der Waals surface area contributed by atoms with Crippen LogP contribution in [-0.2, 0) is 0 Å². The van der Waals surface area contributed by atoms with Crippen molar-refractivity contribution in [3.8, 4) is 0 Å². The number of nitrogens with zero attached hydrogens (tertiary/aromatic N) is 3. The predicted molar refractivity (Wildman–Crippen MR) is 81.6 cm³/mol. The van der Waals surface area contributed by atoms with Crippen LogP contribution < -0.4 is 11.1 Å². The third-order valence-electron chi connectivity index (χ3n) is 2.89. The van der Waals surface area contributed by atoms with Gasteiger partial charge in [0.05, 0.1) is 16.6 Å². The molecule has 0 radical (unpaired) electrons. The fraction of sp³-hybridized carbons (Fsp3) is 0.429. The van der Waals surface area contributed by atoms with E-state index in [-0.39, 0.29) is 0 Å². The number of hydrogen-bond donors (Lipinski definition) is 3. The van der Waals surface area contributed by atoms with E-state index in [1.54, 1.807) is 6.92 Å². The van der Waals surface area contributed by atoms with Crippen molar-refractivity contribution < 1.29 is 5.11 Å². The van der Waals surface area contributed by atoms with Gasteiger partial charge < -0.3 is 21.1 Å². The number of nitrogens with one attached hydrogen (secondary N) is 1. The Kier molecular flexibility index (Phi) is 4.06. The van der Waals surface area contributed by atoms with E-state index in [2.05, 4.69) is 15.3 Å². The van der Waals surface area contributed by atoms with Crippen molar-refractivity contribution in [2.75, 3.05) is 38.2 Å². The zero-order chi connectivity index (χ0) is 14.8. The monoisotopic (exact) mass is 275 g/mol. The highest BCUT2D eigenvalue weighted by Gasteiger charge is 2.21. The Balaban J connectivity index is 2.15. The Bertz CT molecular complexity index is 597. The Hall–Kier alpha value is -1.92. The fourth-order valence-electron chi connectivity index (χ4n) is 2.16. The molecule has 0 bridgehead atoms. The largest absolute Gasteiger partial charge is 0.387 e. The molecular formula is C14H21N5O. The van der Waals surface area contributed by atoms with Crippen LogP contribution in [0, 0.1) is 0 Å². The first-order valence-electron chi connectivity index (χ1n) is 6.51. The maximum absolute atomic E-state index is 10.3. The van der Waals surface area contributed by atoms with Crippen molar-refractivity contribution in [2.45, 2.75) is 12.5 Å². The van der Waals surface area contributed by atoms with Gasteiger partial charge in [0.2, 0.25) is 0 Å².